The number of H-pyrrole nitrogens is 1. The van der Waals surface area contributed by atoms with E-state index in [-0.39, 0.29) is 5.91 Å². The Morgan fingerprint density at radius 2 is 1.73 bits per heavy atom. The van der Waals surface area contributed by atoms with Crippen molar-refractivity contribution in [2.45, 2.75) is 57.4 Å². The fourth-order valence-corrected chi connectivity index (χ4v) is 6.47. The molecule has 3 aliphatic heterocycles. The minimum absolute atomic E-state index is 0.0548. The van der Waals surface area contributed by atoms with Crippen LogP contribution in [0, 0.1) is 11.8 Å². The van der Waals surface area contributed by atoms with Gasteiger partial charge >= 0.3 is 6.09 Å². The van der Waals surface area contributed by atoms with E-state index < -0.39 is 12.1 Å². The summed E-state index contributed by atoms with van der Waals surface area (Å²) in [6.07, 6.45) is 9.19. The first-order chi connectivity index (χ1) is 18.0. The monoisotopic (exact) mass is 530 g/mol. The highest BCUT2D eigenvalue weighted by atomic mass is 35.5. The molecule has 3 saturated heterocycles. The first-order valence-corrected chi connectivity index (χ1v) is 14.2. The molecule has 0 aliphatic carbocycles. The van der Waals surface area contributed by atoms with Gasteiger partial charge in [0.05, 0.1) is 16.7 Å². The fraction of sp³-hybridized carbons (Fsp3) is 0.667. The number of nitrogens with one attached hydrogen (secondary N) is 2. The number of halogens is 1. The van der Waals surface area contributed by atoms with Gasteiger partial charge < -0.3 is 20.0 Å². The molecule has 9 nitrogen and oxygen atoms in total. The van der Waals surface area contributed by atoms with Crippen molar-refractivity contribution in [3.05, 3.63) is 28.9 Å². The van der Waals surface area contributed by atoms with Gasteiger partial charge in [-0.05, 0) is 88.2 Å². The number of carbonyl (C=O) groups excluding carboxylic acids is 2. The van der Waals surface area contributed by atoms with Crippen LogP contribution in [-0.2, 0) is 16.1 Å². The van der Waals surface area contributed by atoms with Crippen LogP contribution in [0.3, 0.4) is 0 Å². The van der Waals surface area contributed by atoms with Gasteiger partial charge in [-0.2, -0.15) is 5.10 Å². The number of hydroxylamine groups is 2. The number of piperidine rings is 3. The summed E-state index contributed by atoms with van der Waals surface area (Å²) >= 11 is 6.46. The Morgan fingerprint density at radius 1 is 1.05 bits per heavy atom. The van der Waals surface area contributed by atoms with Gasteiger partial charge in [0, 0.05) is 38.0 Å². The molecule has 0 spiro atoms. The predicted molar refractivity (Wildman–Crippen MR) is 143 cm³/mol. The highest BCUT2D eigenvalue weighted by molar-refractivity contribution is 6.35. The molecule has 2 amide bonds. The van der Waals surface area contributed by atoms with Gasteiger partial charge in [-0.3, -0.25) is 9.89 Å². The summed E-state index contributed by atoms with van der Waals surface area (Å²) in [4.78, 5) is 36.5. The SMILES string of the molecule is CN1CCC(C2CCN(C(=O)C(Cc3cc(Cl)c4[nH]ncc4c3)NC(=O)ON3CCCCC3)CC2)CC1. The van der Waals surface area contributed by atoms with E-state index >= 15 is 0 Å². The summed E-state index contributed by atoms with van der Waals surface area (Å²) in [6, 6.07) is 3.08. The maximum absolute atomic E-state index is 13.7. The molecule has 2 aromatic rings. The number of hydrogen-bond acceptors (Lipinski definition) is 6. The van der Waals surface area contributed by atoms with E-state index in [1.54, 1.807) is 11.3 Å². The number of likely N-dealkylation sites (tertiary alicyclic amines) is 2. The standard InChI is InChI=1S/C27H39ClN6O3/c1-32-11-5-20(6-12-32)21-7-13-33(14-8-21)26(35)24(30-27(36)37-34-9-3-2-4-10-34)17-19-15-22-18-29-31-25(22)23(28)16-19/h15-16,18,20-21,24H,2-14,17H2,1H3,(H,29,31)(H,30,36). The number of aromatic amines is 1. The first kappa shape index (κ1) is 26.3. The Labute approximate surface area is 223 Å². The number of rotatable bonds is 6. The summed E-state index contributed by atoms with van der Waals surface area (Å²) < 4.78 is 0. The number of hydrogen-bond donors (Lipinski definition) is 2. The third kappa shape index (κ3) is 6.56. The van der Waals surface area contributed by atoms with Crippen molar-refractivity contribution in [2.24, 2.45) is 11.8 Å². The minimum Gasteiger partial charge on any atom is -0.351 e. The summed E-state index contributed by atoms with van der Waals surface area (Å²) in [5, 5.41) is 13.0. The molecule has 1 aromatic carbocycles. The van der Waals surface area contributed by atoms with Crippen LogP contribution in [0.25, 0.3) is 10.9 Å². The maximum atomic E-state index is 13.7. The second-order valence-electron chi connectivity index (χ2n) is 11.0. The first-order valence-electron chi connectivity index (χ1n) is 13.8. The molecule has 0 bridgehead atoms. The van der Waals surface area contributed by atoms with E-state index in [9.17, 15) is 9.59 Å². The van der Waals surface area contributed by atoms with Gasteiger partial charge in [0.2, 0.25) is 5.91 Å². The molecule has 2 N–H and O–H groups in total. The van der Waals surface area contributed by atoms with Gasteiger partial charge in [-0.1, -0.05) is 18.0 Å². The number of nitrogens with zero attached hydrogens (tertiary/aromatic N) is 4. The Balaban J connectivity index is 1.25. The van der Waals surface area contributed by atoms with E-state index in [0.29, 0.717) is 17.4 Å². The van der Waals surface area contributed by atoms with Crippen LogP contribution in [0.5, 0.6) is 0 Å². The van der Waals surface area contributed by atoms with E-state index in [1.165, 1.54) is 25.9 Å². The third-order valence-corrected chi connectivity index (χ3v) is 8.70. The van der Waals surface area contributed by atoms with E-state index in [0.717, 1.165) is 80.7 Å². The predicted octanol–water partition coefficient (Wildman–Crippen LogP) is 3.83. The lowest BCUT2D eigenvalue weighted by Gasteiger charge is -2.40. The van der Waals surface area contributed by atoms with E-state index in [4.69, 9.17) is 16.4 Å². The molecule has 4 heterocycles. The van der Waals surface area contributed by atoms with Gasteiger partial charge in [0.15, 0.2) is 0 Å². The third-order valence-electron chi connectivity index (χ3n) is 8.40. The smallest absolute Gasteiger partial charge is 0.351 e. The number of benzene rings is 1. The number of carbonyl (C=O) groups is 2. The van der Waals surface area contributed by atoms with Crippen LogP contribution in [0.1, 0.15) is 50.5 Å². The zero-order valence-electron chi connectivity index (χ0n) is 21.8. The van der Waals surface area contributed by atoms with Crippen molar-refractivity contribution in [1.29, 1.82) is 0 Å². The van der Waals surface area contributed by atoms with Gasteiger partial charge in [-0.15, -0.1) is 5.06 Å². The van der Waals surface area contributed by atoms with E-state index in [2.05, 4.69) is 27.5 Å². The number of aromatic nitrogens is 2. The highest BCUT2D eigenvalue weighted by Gasteiger charge is 2.34. The molecule has 1 aromatic heterocycles. The summed E-state index contributed by atoms with van der Waals surface area (Å²) in [6.45, 7) is 5.25. The Hall–Kier alpha value is -2.36. The van der Waals surface area contributed by atoms with Crippen molar-refractivity contribution in [3.8, 4) is 0 Å². The van der Waals surface area contributed by atoms with Crippen molar-refractivity contribution < 1.29 is 14.4 Å². The van der Waals surface area contributed by atoms with Crippen LogP contribution in [-0.4, -0.2) is 89.4 Å². The second kappa shape index (κ2) is 12.0. The normalized spacial score (nSPS) is 21.7. The van der Waals surface area contributed by atoms with Gasteiger partial charge in [0.25, 0.3) is 0 Å². The van der Waals surface area contributed by atoms with Crippen LogP contribution in [0.15, 0.2) is 18.3 Å². The molecule has 37 heavy (non-hydrogen) atoms. The topological polar surface area (TPSA) is 93.8 Å². The van der Waals surface area contributed by atoms with Crippen molar-refractivity contribution in [3.63, 3.8) is 0 Å². The van der Waals surface area contributed by atoms with Crippen LogP contribution in [0.4, 0.5) is 4.79 Å². The molecule has 1 unspecified atom stereocenters. The average Bonchev–Trinajstić information content (AvgIpc) is 3.38. The average molecular weight is 531 g/mol. The van der Waals surface area contributed by atoms with Crippen molar-refractivity contribution in [1.82, 2.24) is 30.4 Å². The lowest BCUT2D eigenvalue weighted by atomic mass is 9.79. The zero-order valence-corrected chi connectivity index (χ0v) is 22.5. The lowest BCUT2D eigenvalue weighted by molar-refractivity contribution is -0.136. The molecule has 3 aliphatic rings. The quantitative estimate of drug-likeness (QED) is 0.589. The van der Waals surface area contributed by atoms with Crippen LogP contribution in [0.2, 0.25) is 5.02 Å². The summed E-state index contributed by atoms with van der Waals surface area (Å²) in [5.74, 6) is 1.38. The molecule has 202 valence electrons. The Kier molecular flexibility index (Phi) is 8.52. The van der Waals surface area contributed by atoms with Gasteiger partial charge in [-0.25, -0.2) is 4.79 Å². The molecule has 0 radical (unpaired) electrons. The molecule has 3 fully saturated rings. The Morgan fingerprint density at radius 3 is 2.43 bits per heavy atom. The fourth-order valence-electron chi connectivity index (χ4n) is 6.18. The molecule has 10 heteroatoms. The van der Waals surface area contributed by atoms with Crippen molar-refractivity contribution >= 4 is 34.5 Å². The number of fused-ring (bicyclic) bond motifs is 1. The van der Waals surface area contributed by atoms with Gasteiger partial charge in [0.1, 0.15) is 6.04 Å². The molecule has 0 saturated carbocycles. The highest BCUT2D eigenvalue weighted by Crippen LogP contribution is 2.32. The zero-order chi connectivity index (χ0) is 25.8. The molecule has 5 rings (SSSR count). The molecular formula is C27H39ClN6O3. The van der Waals surface area contributed by atoms with Crippen molar-refractivity contribution in [2.75, 3.05) is 46.3 Å². The molecule has 1 atom stereocenters. The largest absolute Gasteiger partial charge is 0.426 e. The second-order valence-corrected chi connectivity index (χ2v) is 11.4. The maximum Gasteiger partial charge on any atom is 0.426 e. The van der Waals surface area contributed by atoms with Crippen LogP contribution < -0.4 is 5.32 Å². The molecular weight excluding hydrogens is 492 g/mol. The summed E-state index contributed by atoms with van der Waals surface area (Å²) in [5.41, 5.74) is 1.64. The Bertz CT molecular complexity index is 1070. The summed E-state index contributed by atoms with van der Waals surface area (Å²) in [7, 11) is 2.19. The van der Waals surface area contributed by atoms with Crippen LogP contribution >= 0.6 is 11.6 Å². The lowest BCUT2D eigenvalue weighted by Crippen LogP contribution is -2.53. The van der Waals surface area contributed by atoms with E-state index in [1.807, 2.05) is 17.0 Å². The minimum atomic E-state index is -0.724. The number of amides is 2.